The standard InChI is InChI=1S/C19H20F4N2/c20-17-9-8-16(19(21,22)23)12-15(17)11-14-7-4-10-25(24)18(14)13-5-2-1-3-6-13/h1-3,5-6,8-9,12,14,18H,4,7,10-11,24H2. The van der Waals surface area contributed by atoms with Gasteiger partial charge in [0, 0.05) is 6.54 Å². The summed E-state index contributed by atoms with van der Waals surface area (Å²) in [5, 5.41) is 1.72. The molecule has 0 bridgehead atoms. The van der Waals surface area contributed by atoms with Gasteiger partial charge in [-0.15, -0.1) is 0 Å². The van der Waals surface area contributed by atoms with Gasteiger partial charge in [-0.1, -0.05) is 30.3 Å². The minimum absolute atomic E-state index is 0.0425. The van der Waals surface area contributed by atoms with Crippen molar-refractivity contribution in [2.45, 2.75) is 31.5 Å². The number of nitrogens with zero attached hydrogens (tertiary/aromatic N) is 1. The van der Waals surface area contributed by atoms with E-state index in [2.05, 4.69) is 0 Å². The van der Waals surface area contributed by atoms with E-state index in [1.54, 1.807) is 5.01 Å². The van der Waals surface area contributed by atoms with E-state index < -0.39 is 17.6 Å². The van der Waals surface area contributed by atoms with E-state index in [0.717, 1.165) is 36.6 Å². The average Bonchev–Trinajstić information content (AvgIpc) is 2.57. The predicted octanol–water partition coefficient (Wildman–Crippen LogP) is 4.71. The van der Waals surface area contributed by atoms with Crippen LogP contribution in [0.2, 0.25) is 0 Å². The van der Waals surface area contributed by atoms with Gasteiger partial charge >= 0.3 is 6.18 Å². The molecule has 2 aromatic rings. The largest absolute Gasteiger partial charge is 0.416 e. The number of hydrazine groups is 1. The van der Waals surface area contributed by atoms with Gasteiger partial charge in [0.1, 0.15) is 5.82 Å². The van der Waals surface area contributed by atoms with Gasteiger partial charge in [0.25, 0.3) is 0 Å². The highest BCUT2D eigenvalue weighted by atomic mass is 19.4. The Morgan fingerprint density at radius 3 is 2.48 bits per heavy atom. The molecule has 2 N–H and O–H groups in total. The van der Waals surface area contributed by atoms with Crippen LogP contribution in [0.4, 0.5) is 17.6 Å². The van der Waals surface area contributed by atoms with Crippen molar-refractivity contribution in [1.29, 1.82) is 0 Å². The molecule has 0 amide bonds. The second-order valence-corrected chi connectivity index (χ2v) is 6.50. The van der Waals surface area contributed by atoms with Crippen molar-refractivity contribution in [2.75, 3.05) is 6.54 Å². The third kappa shape index (κ3) is 4.02. The third-order valence-electron chi connectivity index (χ3n) is 4.79. The van der Waals surface area contributed by atoms with Crippen LogP contribution in [0.5, 0.6) is 0 Å². The number of piperidine rings is 1. The SMILES string of the molecule is NN1CCCC(Cc2cc(C(F)(F)F)ccc2F)C1c1ccccc1. The van der Waals surface area contributed by atoms with Crippen molar-refractivity contribution >= 4 is 0 Å². The zero-order chi connectivity index (χ0) is 18.0. The molecule has 0 saturated carbocycles. The maximum Gasteiger partial charge on any atom is 0.416 e. The smallest absolute Gasteiger partial charge is 0.268 e. The Balaban J connectivity index is 1.90. The molecule has 1 heterocycles. The molecular formula is C19H20F4N2. The lowest BCUT2D eigenvalue weighted by Gasteiger charge is -2.39. The second-order valence-electron chi connectivity index (χ2n) is 6.50. The molecule has 2 nitrogen and oxygen atoms in total. The summed E-state index contributed by atoms with van der Waals surface area (Å²) in [6.45, 7) is 0.709. The molecule has 2 aromatic carbocycles. The van der Waals surface area contributed by atoms with E-state index in [9.17, 15) is 17.6 Å². The highest BCUT2D eigenvalue weighted by molar-refractivity contribution is 5.29. The number of halogens is 4. The maximum absolute atomic E-state index is 14.1. The molecular weight excluding hydrogens is 332 g/mol. The first-order chi connectivity index (χ1) is 11.9. The van der Waals surface area contributed by atoms with Crippen molar-refractivity contribution < 1.29 is 17.6 Å². The summed E-state index contributed by atoms with van der Waals surface area (Å²) in [6.07, 6.45) is -2.62. The summed E-state index contributed by atoms with van der Waals surface area (Å²) in [4.78, 5) is 0. The van der Waals surface area contributed by atoms with Crippen LogP contribution in [0.1, 0.15) is 35.6 Å². The van der Waals surface area contributed by atoms with Crippen LogP contribution in [0.3, 0.4) is 0 Å². The molecule has 2 unspecified atom stereocenters. The molecule has 0 radical (unpaired) electrons. The van der Waals surface area contributed by atoms with Crippen LogP contribution in [0.25, 0.3) is 0 Å². The van der Waals surface area contributed by atoms with Gasteiger partial charge in [0.05, 0.1) is 11.6 Å². The number of alkyl halides is 3. The van der Waals surface area contributed by atoms with Crippen molar-refractivity contribution in [2.24, 2.45) is 11.8 Å². The van der Waals surface area contributed by atoms with E-state index in [-0.39, 0.29) is 23.9 Å². The van der Waals surface area contributed by atoms with Gasteiger partial charge < -0.3 is 0 Å². The van der Waals surface area contributed by atoms with Gasteiger partial charge in [-0.05, 0) is 54.5 Å². The maximum atomic E-state index is 14.1. The Morgan fingerprint density at radius 2 is 1.80 bits per heavy atom. The Morgan fingerprint density at radius 1 is 1.08 bits per heavy atom. The van der Waals surface area contributed by atoms with Crippen LogP contribution in [0.15, 0.2) is 48.5 Å². The fraction of sp³-hybridized carbons (Fsp3) is 0.368. The minimum Gasteiger partial charge on any atom is -0.268 e. The van der Waals surface area contributed by atoms with E-state index >= 15 is 0 Å². The molecule has 1 fully saturated rings. The molecule has 25 heavy (non-hydrogen) atoms. The van der Waals surface area contributed by atoms with Crippen LogP contribution in [-0.2, 0) is 12.6 Å². The molecule has 1 aliphatic heterocycles. The monoisotopic (exact) mass is 352 g/mol. The Kier molecular flexibility index (Phi) is 5.11. The molecule has 6 heteroatoms. The lowest BCUT2D eigenvalue weighted by molar-refractivity contribution is -0.137. The normalized spacial score (nSPS) is 22.1. The predicted molar refractivity (Wildman–Crippen MR) is 87.9 cm³/mol. The van der Waals surface area contributed by atoms with Crippen LogP contribution in [0, 0.1) is 11.7 Å². The van der Waals surface area contributed by atoms with Crippen molar-refractivity contribution in [1.82, 2.24) is 5.01 Å². The summed E-state index contributed by atoms with van der Waals surface area (Å²) < 4.78 is 52.9. The fourth-order valence-corrected chi connectivity index (χ4v) is 3.62. The number of benzene rings is 2. The van der Waals surface area contributed by atoms with Gasteiger partial charge in [0.2, 0.25) is 0 Å². The van der Waals surface area contributed by atoms with Gasteiger partial charge in [-0.3, -0.25) is 5.84 Å². The van der Waals surface area contributed by atoms with E-state index in [0.29, 0.717) is 6.54 Å². The summed E-state index contributed by atoms with van der Waals surface area (Å²) in [7, 11) is 0. The molecule has 0 aromatic heterocycles. The lowest BCUT2D eigenvalue weighted by atomic mass is 9.81. The van der Waals surface area contributed by atoms with Crippen LogP contribution >= 0.6 is 0 Å². The number of rotatable bonds is 3. The van der Waals surface area contributed by atoms with Gasteiger partial charge in [0.15, 0.2) is 0 Å². The number of hydrogen-bond acceptors (Lipinski definition) is 2. The topological polar surface area (TPSA) is 29.3 Å². The third-order valence-corrected chi connectivity index (χ3v) is 4.79. The first-order valence-electron chi connectivity index (χ1n) is 8.28. The average molecular weight is 352 g/mol. The molecule has 0 aliphatic carbocycles. The van der Waals surface area contributed by atoms with E-state index in [1.807, 2.05) is 30.3 Å². The zero-order valence-corrected chi connectivity index (χ0v) is 13.6. The number of hydrogen-bond donors (Lipinski definition) is 1. The van der Waals surface area contributed by atoms with Crippen LogP contribution < -0.4 is 5.84 Å². The Labute approximate surface area is 144 Å². The van der Waals surface area contributed by atoms with Gasteiger partial charge in [-0.2, -0.15) is 13.2 Å². The first-order valence-corrected chi connectivity index (χ1v) is 8.28. The Hall–Kier alpha value is -1.92. The molecule has 2 atom stereocenters. The van der Waals surface area contributed by atoms with Crippen molar-refractivity contribution in [3.05, 3.63) is 71.0 Å². The Bertz CT molecular complexity index is 715. The molecule has 3 rings (SSSR count). The second kappa shape index (κ2) is 7.14. The number of nitrogens with two attached hydrogens (primary N) is 1. The molecule has 1 saturated heterocycles. The molecule has 134 valence electrons. The molecule has 0 spiro atoms. The summed E-state index contributed by atoms with van der Waals surface area (Å²) in [5.41, 5.74) is 0.277. The summed E-state index contributed by atoms with van der Waals surface area (Å²) >= 11 is 0. The zero-order valence-electron chi connectivity index (χ0n) is 13.6. The minimum atomic E-state index is -4.48. The first kappa shape index (κ1) is 17.9. The quantitative estimate of drug-likeness (QED) is 0.640. The lowest BCUT2D eigenvalue weighted by Crippen LogP contribution is -2.44. The summed E-state index contributed by atoms with van der Waals surface area (Å²) in [5.74, 6) is 5.51. The highest BCUT2D eigenvalue weighted by Crippen LogP contribution is 2.37. The van der Waals surface area contributed by atoms with Crippen LogP contribution in [-0.4, -0.2) is 11.6 Å². The molecule has 1 aliphatic rings. The van der Waals surface area contributed by atoms with Crippen molar-refractivity contribution in [3.63, 3.8) is 0 Å². The van der Waals surface area contributed by atoms with Crippen molar-refractivity contribution in [3.8, 4) is 0 Å². The fourth-order valence-electron chi connectivity index (χ4n) is 3.62. The van der Waals surface area contributed by atoms with E-state index in [1.165, 1.54) is 0 Å². The summed E-state index contributed by atoms with van der Waals surface area (Å²) in [6, 6.07) is 12.1. The highest BCUT2D eigenvalue weighted by Gasteiger charge is 2.34. The van der Waals surface area contributed by atoms with Gasteiger partial charge in [-0.25, -0.2) is 9.40 Å². The van der Waals surface area contributed by atoms with E-state index in [4.69, 9.17) is 5.84 Å².